The maximum absolute atomic E-state index is 13.0. The highest BCUT2D eigenvalue weighted by molar-refractivity contribution is 5.70. The van der Waals surface area contributed by atoms with Gasteiger partial charge in [0.05, 0.1) is 19.8 Å². The Morgan fingerprint density at radius 3 is 1.26 bits per heavy atom. The highest BCUT2D eigenvalue weighted by Crippen LogP contribution is 2.26. The van der Waals surface area contributed by atoms with Gasteiger partial charge in [-0.1, -0.05) is 168 Å². The number of carbonyl (C=O) groups is 2. The van der Waals surface area contributed by atoms with Crippen LogP contribution in [0.2, 0.25) is 0 Å². The summed E-state index contributed by atoms with van der Waals surface area (Å²) in [7, 11) is 0. The van der Waals surface area contributed by atoms with E-state index in [0.29, 0.717) is 12.8 Å². The Morgan fingerprint density at radius 2 is 0.823 bits per heavy atom. The van der Waals surface area contributed by atoms with E-state index < -0.39 is 92.7 Å². The molecule has 0 saturated carbocycles. The van der Waals surface area contributed by atoms with Gasteiger partial charge >= 0.3 is 11.9 Å². The normalized spacial score (nSPS) is 27.0. The van der Waals surface area contributed by atoms with E-state index in [4.69, 9.17) is 28.4 Å². The van der Waals surface area contributed by atoms with Gasteiger partial charge in [-0.3, -0.25) is 9.59 Å². The van der Waals surface area contributed by atoms with Crippen molar-refractivity contribution in [1.82, 2.24) is 0 Å². The highest BCUT2D eigenvalue weighted by Gasteiger charge is 2.47. The molecule has 11 atom stereocenters. The first-order chi connectivity index (χ1) is 30.0. The predicted octanol–water partition coefficient (Wildman–Crippen LogP) is 6.04. The highest BCUT2D eigenvalue weighted by atomic mass is 16.7. The summed E-state index contributed by atoms with van der Waals surface area (Å²) >= 11 is 0. The second-order valence-corrected chi connectivity index (χ2v) is 17.7. The molecule has 2 aliphatic rings. The standard InChI is InChI=1S/C47H88O15/c1-3-5-7-9-11-13-15-17-19-21-23-25-27-29-38(49)57-32-35(60-39(50)30-28-26-24-22-20-18-16-14-12-10-8-6-4-2)33-58-46-45(56)43(54)41(52)37(62-46)34-59-47-44(55)42(53)40(51)36(31-48)61-47/h35-37,40-48,51-56H,3-34H2,1-2H3/t35-,36-,37-,40+,41+,42?,43?,44?,45?,46-,47+/m1/s1. The lowest BCUT2D eigenvalue weighted by Gasteiger charge is -2.42. The number of aliphatic hydroxyl groups excluding tert-OH is 7. The number of rotatable bonds is 38. The van der Waals surface area contributed by atoms with Gasteiger partial charge in [-0.15, -0.1) is 0 Å². The molecule has 62 heavy (non-hydrogen) atoms. The quantitative estimate of drug-likeness (QED) is 0.0277. The Labute approximate surface area is 372 Å². The fourth-order valence-electron chi connectivity index (χ4n) is 7.98. The van der Waals surface area contributed by atoms with Crippen molar-refractivity contribution in [3.8, 4) is 0 Å². The van der Waals surface area contributed by atoms with E-state index in [9.17, 15) is 45.3 Å². The van der Waals surface area contributed by atoms with Crippen LogP contribution in [-0.4, -0.2) is 142 Å². The van der Waals surface area contributed by atoms with E-state index in [1.54, 1.807) is 0 Å². The molecule has 0 spiro atoms. The van der Waals surface area contributed by atoms with Gasteiger partial charge in [0.1, 0.15) is 55.4 Å². The molecule has 15 heteroatoms. The van der Waals surface area contributed by atoms with Crippen LogP contribution in [-0.2, 0) is 38.0 Å². The Bertz CT molecular complexity index is 1100. The van der Waals surface area contributed by atoms with E-state index in [1.165, 1.54) is 116 Å². The monoisotopic (exact) mass is 893 g/mol. The number of carbonyl (C=O) groups excluding carboxylic acids is 2. The van der Waals surface area contributed by atoms with Crippen LogP contribution in [0.3, 0.4) is 0 Å². The lowest BCUT2D eigenvalue weighted by molar-refractivity contribution is -0.332. The number of unbranched alkanes of at least 4 members (excludes halogenated alkanes) is 24. The van der Waals surface area contributed by atoms with Crippen LogP contribution in [0.1, 0.15) is 194 Å². The Morgan fingerprint density at radius 1 is 0.452 bits per heavy atom. The average molecular weight is 893 g/mol. The van der Waals surface area contributed by atoms with Gasteiger partial charge in [-0.05, 0) is 12.8 Å². The zero-order valence-corrected chi connectivity index (χ0v) is 38.4. The van der Waals surface area contributed by atoms with Gasteiger partial charge < -0.3 is 64.2 Å². The number of hydrogen-bond acceptors (Lipinski definition) is 15. The molecule has 2 rings (SSSR count). The average Bonchev–Trinajstić information content (AvgIpc) is 3.26. The smallest absolute Gasteiger partial charge is 0.306 e. The third-order valence-electron chi connectivity index (χ3n) is 12.1. The van der Waals surface area contributed by atoms with Gasteiger partial charge in [0, 0.05) is 12.8 Å². The fourth-order valence-corrected chi connectivity index (χ4v) is 7.98. The molecule has 2 aliphatic heterocycles. The van der Waals surface area contributed by atoms with Gasteiger partial charge in [0.15, 0.2) is 18.7 Å². The van der Waals surface area contributed by atoms with Gasteiger partial charge in [-0.25, -0.2) is 0 Å². The van der Waals surface area contributed by atoms with E-state index in [2.05, 4.69) is 13.8 Å². The van der Waals surface area contributed by atoms with Crippen LogP contribution < -0.4 is 0 Å². The minimum Gasteiger partial charge on any atom is -0.462 e. The molecule has 2 fully saturated rings. The number of esters is 2. The zero-order valence-electron chi connectivity index (χ0n) is 38.4. The summed E-state index contributed by atoms with van der Waals surface area (Å²) in [6, 6.07) is 0. The molecule has 0 radical (unpaired) electrons. The lowest BCUT2D eigenvalue weighted by atomic mass is 9.98. The van der Waals surface area contributed by atoms with Gasteiger partial charge in [0.2, 0.25) is 0 Å². The van der Waals surface area contributed by atoms with Crippen molar-refractivity contribution in [3.63, 3.8) is 0 Å². The zero-order chi connectivity index (χ0) is 45.4. The maximum atomic E-state index is 13.0. The van der Waals surface area contributed by atoms with Crippen LogP contribution in [0.5, 0.6) is 0 Å². The second-order valence-electron chi connectivity index (χ2n) is 17.7. The molecule has 366 valence electrons. The van der Waals surface area contributed by atoms with Crippen LogP contribution >= 0.6 is 0 Å². The van der Waals surface area contributed by atoms with E-state index >= 15 is 0 Å². The van der Waals surface area contributed by atoms with E-state index in [-0.39, 0.29) is 26.1 Å². The van der Waals surface area contributed by atoms with Crippen molar-refractivity contribution in [2.75, 3.05) is 26.4 Å². The minimum absolute atomic E-state index is 0.173. The first kappa shape index (κ1) is 56.6. The summed E-state index contributed by atoms with van der Waals surface area (Å²) in [5, 5.41) is 71.9. The molecule has 4 unspecified atom stereocenters. The second kappa shape index (κ2) is 35.7. The molecule has 2 saturated heterocycles. The van der Waals surface area contributed by atoms with Crippen LogP contribution in [0.25, 0.3) is 0 Å². The van der Waals surface area contributed by atoms with Crippen molar-refractivity contribution in [1.29, 1.82) is 0 Å². The van der Waals surface area contributed by atoms with Crippen molar-refractivity contribution < 1.29 is 73.8 Å². The number of hydrogen-bond donors (Lipinski definition) is 7. The third-order valence-corrected chi connectivity index (χ3v) is 12.1. The Hall–Kier alpha value is -1.50. The van der Waals surface area contributed by atoms with Crippen LogP contribution in [0.4, 0.5) is 0 Å². The Kier molecular flexibility index (Phi) is 32.6. The first-order valence-corrected chi connectivity index (χ1v) is 24.6. The van der Waals surface area contributed by atoms with E-state index in [1.807, 2.05) is 0 Å². The van der Waals surface area contributed by atoms with Crippen molar-refractivity contribution >= 4 is 11.9 Å². The summed E-state index contributed by atoms with van der Waals surface area (Å²) in [6.07, 6.45) is 14.2. The van der Waals surface area contributed by atoms with Crippen molar-refractivity contribution in [2.24, 2.45) is 0 Å². The summed E-state index contributed by atoms with van der Waals surface area (Å²) in [6.45, 7) is 2.60. The van der Waals surface area contributed by atoms with Crippen LogP contribution in [0.15, 0.2) is 0 Å². The molecule has 0 aliphatic carbocycles. The minimum atomic E-state index is -1.76. The number of aliphatic hydroxyl groups is 7. The Balaban J connectivity index is 1.83. The molecule has 0 amide bonds. The molecular weight excluding hydrogens is 805 g/mol. The molecule has 7 N–H and O–H groups in total. The largest absolute Gasteiger partial charge is 0.462 e. The molecule has 0 aromatic heterocycles. The summed E-state index contributed by atoms with van der Waals surface area (Å²) in [4.78, 5) is 25.7. The molecule has 0 aromatic carbocycles. The van der Waals surface area contributed by atoms with Gasteiger partial charge in [0.25, 0.3) is 0 Å². The SMILES string of the molecule is CCCCCCCCCCCCCCCC(=O)OC[C@H](CO[C@@H]1O[C@H](CO[C@H]2O[C@H](CO)[C@H](O)C(O)C2O)[C@H](O)C(O)C1O)OC(=O)CCCCCCCCCCCCCCC. The number of ether oxygens (including phenoxy) is 6. The topological polar surface area (TPSA) is 231 Å². The van der Waals surface area contributed by atoms with Crippen molar-refractivity contribution in [3.05, 3.63) is 0 Å². The van der Waals surface area contributed by atoms with Crippen LogP contribution in [0, 0.1) is 0 Å². The van der Waals surface area contributed by atoms with Crippen molar-refractivity contribution in [2.45, 2.75) is 261 Å². The first-order valence-electron chi connectivity index (χ1n) is 24.6. The summed E-state index contributed by atoms with van der Waals surface area (Å²) in [5.41, 5.74) is 0. The molecule has 15 nitrogen and oxygen atoms in total. The predicted molar refractivity (Wildman–Crippen MR) is 234 cm³/mol. The fraction of sp³-hybridized carbons (Fsp3) is 0.957. The maximum Gasteiger partial charge on any atom is 0.306 e. The lowest BCUT2D eigenvalue weighted by Crippen LogP contribution is -2.61. The molecular formula is C47H88O15. The molecule has 0 aromatic rings. The van der Waals surface area contributed by atoms with Gasteiger partial charge in [-0.2, -0.15) is 0 Å². The third kappa shape index (κ3) is 24.1. The molecule has 2 heterocycles. The summed E-state index contributed by atoms with van der Waals surface area (Å²) < 4.78 is 33.5. The summed E-state index contributed by atoms with van der Waals surface area (Å²) in [5.74, 6) is -0.913. The molecule has 0 bridgehead atoms. The van der Waals surface area contributed by atoms with E-state index in [0.717, 1.165) is 38.5 Å².